The number of aromatic nitrogens is 1. The van der Waals surface area contributed by atoms with E-state index in [0.29, 0.717) is 12.3 Å². The number of halogens is 4. The Morgan fingerprint density at radius 1 is 1.50 bits per heavy atom. The SMILES string of the molecule is CN(C)C=NC(=O)c1ncc(C(F)(F)F)cc1Cl. The summed E-state index contributed by atoms with van der Waals surface area (Å²) in [6, 6.07) is 0.646. The van der Waals surface area contributed by atoms with Crippen molar-refractivity contribution in [1.29, 1.82) is 0 Å². The van der Waals surface area contributed by atoms with Gasteiger partial charge in [-0.05, 0) is 6.07 Å². The van der Waals surface area contributed by atoms with Crippen molar-refractivity contribution in [2.45, 2.75) is 6.18 Å². The largest absolute Gasteiger partial charge is 0.417 e. The molecule has 0 unspecified atom stereocenters. The minimum Gasteiger partial charge on any atom is -0.369 e. The third kappa shape index (κ3) is 3.69. The molecule has 1 amide bonds. The van der Waals surface area contributed by atoms with Crippen LogP contribution in [0.3, 0.4) is 0 Å². The van der Waals surface area contributed by atoms with Crippen LogP contribution in [-0.4, -0.2) is 36.2 Å². The maximum absolute atomic E-state index is 12.3. The lowest BCUT2D eigenvalue weighted by molar-refractivity contribution is -0.137. The van der Waals surface area contributed by atoms with Crippen LogP contribution in [0.2, 0.25) is 5.02 Å². The normalized spacial score (nSPS) is 11.9. The van der Waals surface area contributed by atoms with Crippen LogP contribution in [-0.2, 0) is 6.18 Å². The molecule has 0 bridgehead atoms. The Labute approximate surface area is 106 Å². The van der Waals surface area contributed by atoms with Gasteiger partial charge in [-0.15, -0.1) is 0 Å². The topological polar surface area (TPSA) is 45.6 Å². The van der Waals surface area contributed by atoms with Crippen LogP contribution in [0.15, 0.2) is 17.3 Å². The van der Waals surface area contributed by atoms with E-state index < -0.39 is 17.6 Å². The first kappa shape index (κ1) is 14.4. The number of amides is 1. The van der Waals surface area contributed by atoms with Crippen LogP contribution in [0, 0.1) is 0 Å². The van der Waals surface area contributed by atoms with Crippen molar-refractivity contribution in [3.05, 3.63) is 28.5 Å². The van der Waals surface area contributed by atoms with Crippen molar-refractivity contribution in [2.75, 3.05) is 14.1 Å². The van der Waals surface area contributed by atoms with Crippen molar-refractivity contribution >= 4 is 23.8 Å². The Morgan fingerprint density at radius 3 is 2.56 bits per heavy atom. The zero-order valence-corrected chi connectivity index (χ0v) is 10.2. The van der Waals surface area contributed by atoms with E-state index in [1.165, 1.54) is 11.2 Å². The van der Waals surface area contributed by atoms with Gasteiger partial charge in [0.2, 0.25) is 0 Å². The van der Waals surface area contributed by atoms with Crippen molar-refractivity contribution in [3.8, 4) is 0 Å². The van der Waals surface area contributed by atoms with Crippen LogP contribution >= 0.6 is 11.6 Å². The van der Waals surface area contributed by atoms with Crippen LogP contribution in [0.5, 0.6) is 0 Å². The number of rotatable bonds is 2. The number of alkyl halides is 3. The van der Waals surface area contributed by atoms with Gasteiger partial charge in [-0.3, -0.25) is 4.79 Å². The second-order valence-electron chi connectivity index (χ2n) is 3.57. The average Bonchev–Trinajstić information content (AvgIpc) is 2.24. The van der Waals surface area contributed by atoms with E-state index in [0.717, 1.165) is 0 Å². The Morgan fingerprint density at radius 2 is 2.11 bits per heavy atom. The Kier molecular flexibility index (Phi) is 4.28. The number of nitrogens with zero attached hydrogens (tertiary/aromatic N) is 3. The first-order valence-corrected chi connectivity index (χ1v) is 5.07. The van der Waals surface area contributed by atoms with E-state index in [1.54, 1.807) is 14.1 Å². The summed E-state index contributed by atoms with van der Waals surface area (Å²) in [6.45, 7) is 0. The smallest absolute Gasteiger partial charge is 0.369 e. The van der Waals surface area contributed by atoms with E-state index in [-0.39, 0.29) is 10.7 Å². The van der Waals surface area contributed by atoms with Crippen molar-refractivity contribution in [3.63, 3.8) is 0 Å². The molecule has 8 heteroatoms. The van der Waals surface area contributed by atoms with Crippen LogP contribution in [0.1, 0.15) is 16.1 Å². The van der Waals surface area contributed by atoms with E-state index in [4.69, 9.17) is 11.6 Å². The molecule has 0 saturated carbocycles. The van der Waals surface area contributed by atoms with E-state index >= 15 is 0 Å². The quantitative estimate of drug-likeness (QED) is 0.617. The molecule has 0 N–H and O–H groups in total. The summed E-state index contributed by atoms with van der Waals surface area (Å²) in [7, 11) is 3.27. The summed E-state index contributed by atoms with van der Waals surface area (Å²) in [5, 5.41) is -0.384. The van der Waals surface area contributed by atoms with Crippen LogP contribution in [0.25, 0.3) is 0 Å². The molecule has 1 aromatic rings. The Hall–Kier alpha value is -1.63. The fourth-order valence-electron chi connectivity index (χ4n) is 0.979. The highest BCUT2D eigenvalue weighted by Crippen LogP contribution is 2.31. The van der Waals surface area contributed by atoms with Gasteiger partial charge in [0.1, 0.15) is 5.69 Å². The molecule has 98 valence electrons. The minimum absolute atomic E-state index is 0.317. The number of hydrogen-bond donors (Lipinski definition) is 0. The molecule has 0 fully saturated rings. The van der Waals surface area contributed by atoms with Gasteiger partial charge in [-0.25, -0.2) is 4.98 Å². The molecular weight excluding hydrogens is 271 g/mol. The molecule has 0 radical (unpaired) electrons. The second-order valence-corrected chi connectivity index (χ2v) is 3.97. The molecule has 0 aromatic carbocycles. The second kappa shape index (κ2) is 5.34. The maximum Gasteiger partial charge on any atom is 0.417 e. The average molecular weight is 280 g/mol. The summed E-state index contributed by atoms with van der Waals surface area (Å²) in [5.41, 5.74) is -1.33. The zero-order chi connectivity index (χ0) is 13.9. The lowest BCUT2D eigenvalue weighted by Crippen LogP contribution is -2.11. The third-order valence-electron chi connectivity index (χ3n) is 1.78. The zero-order valence-electron chi connectivity index (χ0n) is 9.49. The lowest BCUT2D eigenvalue weighted by atomic mass is 10.2. The van der Waals surface area contributed by atoms with Gasteiger partial charge in [0.15, 0.2) is 0 Å². The summed E-state index contributed by atoms with van der Waals surface area (Å²) < 4.78 is 37.0. The number of aliphatic imine (C=N–C) groups is 1. The molecule has 0 aliphatic rings. The molecule has 18 heavy (non-hydrogen) atoms. The number of carbonyl (C=O) groups is 1. The van der Waals surface area contributed by atoms with Crippen LogP contribution in [0.4, 0.5) is 13.2 Å². The Balaban J connectivity index is 3.03. The lowest BCUT2D eigenvalue weighted by Gasteiger charge is -2.07. The molecule has 0 saturated heterocycles. The number of pyridine rings is 1. The van der Waals surface area contributed by atoms with Gasteiger partial charge in [0, 0.05) is 20.3 Å². The molecular formula is C10H9ClF3N3O. The van der Waals surface area contributed by atoms with E-state index in [2.05, 4.69) is 9.98 Å². The van der Waals surface area contributed by atoms with Gasteiger partial charge in [-0.2, -0.15) is 18.2 Å². The summed E-state index contributed by atoms with van der Waals surface area (Å²) in [6.07, 6.45) is -2.80. The predicted molar refractivity (Wildman–Crippen MR) is 60.8 cm³/mol. The molecule has 0 spiro atoms. The van der Waals surface area contributed by atoms with Gasteiger partial charge in [0.25, 0.3) is 5.91 Å². The molecule has 4 nitrogen and oxygen atoms in total. The van der Waals surface area contributed by atoms with Crippen LogP contribution < -0.4 is 0 Å². The predicted octanol–water partition coefficient (Wildman–Crippen LogP) is 2.48. The fourth-order valence-corrected chi connectivity index (χ4v) is 1.23. The molecule has 1 heterocycles. The highest BCUT2D eigenvalue weighted by Gasteiger charge is 2.32. The minimum atomic E-state index is -4.55. The van der Waals surface area contributed by atoms with Gasteiger partial charge in [-0.1, -0.05) is 11.6 Å². The molecule has 1 rings (SSSR count). The first-order chi connectivity index (χ1) is 8.21. The molecule has 0 atom stereocenters. The third-order valence-corrected chi connectivity index (χ3v) is 2.07. The monoisotopic (exact) mass is 279 g/mol. The molecule has 1 aromatic heterocycles. The summed E-state index contributed by atoms with van der Waals surface area (Å²) in [4.78, 5) is 19.8. The van der Waals surface area contributed by atoms with E-state index in [9.17, 15) is 18.0 Å². The Bertz CT molecular complexity index is 486. The maximum atomic E-state index is 12.3. The van der Waals surface area contributed by atoms with Crippen molar-refractivity contribution in [2.24, 2.45) is 4.99 Å². The first-order valence-electron chi connectivity index (χ1n) is 4.69. The summed E-state index contributed by atoms with van der Waals surface area (Å²) >= 11 is 5.57. The fraction of sp³-hybridized carbons (Fsp3) is 0.300. The number of hydrogen-bond acceptors (Lipinski definition) is 2. The van der Waals surface area contributed by atoms with Gasteiger partial charge >= 0.3 is 6.18 Å². The number of carbonyl (C=O) groups excluding carboxylic acids is 1. The summed E-state index contributed by atoms with van der Waals surface area (Å²) in [5.74, 6) is -0.803. The van der Waals surface area contributed by atoms with Crippen molar-refractivity contribution in [1.82, 2.24) is 9.88 Å². The van der Waals surface area contributed by atoms with Gasteiger partial charge < -0.3 is 4.90 Å². The highest BCUT2D eigenvalue weighted by atomic mass is 35.5. The highest BCUT2D eigenvalue weighted by molar-refractivity contribution is 6.33. The van der Waals surface area contributed by atoms with Crippen molar-refractivity contribution < 1.29 is 18.0 Å². The standard InChI is InChI=1S/C10H9ClF3N3O/c1-17(2)5-16-9(18)8-7(11)3-6(4-15-8)10(12,13)14/h3-5H,1-2H3. The van der Waals surface area contributed by atoms with E-state index in [1.807, 2.05) is 0 Å². The molecule has 0 aliphatic carbocycles. The molecule has 0 aliphatic heterocycles. The van der Waals surface area contributed by atoms with Gasteiger partial charge in [0.05, 0.1) is 16.9 Å².